The second-order valence-corrected chi connectivity index (χ2v) is 7.29. The first-order chi connectivity index (χ1) is 13.3. The topological polar surface area (TPSA) is 116 Å². The lowest BCUT2D eigenvalue weighted by atomic mass is 9.81. The summed E-state index contributed by atoms with van der Waals surface area (Å²) in [4.78, 5) is 36.8. The van der Waals surface area contributed by atoms with Crippen LogP contribution in [-0.4, -0.2) is 58.6 Å². The lowest BCUT2D eigenvalue weighted by Crippen LogP contribution is -2.48. The van der Waals surface area contributed by atoms with Gasteiger partial charge in [-0.15, -0.1) is 0 Å². The first kappa shape index (κ1) is 19.7. The lowest BCUT2D eigenvalue weighted by Gasteiger charge is -2.39. The maximum atomic E-state index is 12.6. The Balaban J connectivity index is 1.50. The van der Waals surface area contributed by atoms with E-state index >= 15 is 0 Å². The van der Waals surface area contributed by atoms with Gasteiger partial charge in [-0.2, -0.15) is 0 Å². The Hall–Kier alpha value is -3.03. The summed E-state index contributed by atoms with van der Waals surface area (Å²) in [6.45, 7) is 2.22. The number of hydrogen-bond acceptors (Lipinski definition) is 5. The minimum atomic E-state index is -1.22. The molecule has 1 aliphatic carbocycles. The molecule has 0 radical (unpaired) electrons. The SMILES string of the molecule is Cc1ccc(OC2CC(CN3CCC(O)=C(C(=O)NCC(=O)O)C3=O)C2)cc1. The van der Waals surface area contributed by atoms with Gasteiger partial charge in [-0.05, 0) is 37.8 Å². The van der Waals surface area contributed by atoms with Crippen molar-refractivity contribution >= 4 is 17.8 Å². The van der Waals surface area contributed by atoms with E-state index in [-0.39, 0.29) is 29.8 Å². The standard InChI is InChI=1S/C20H24N2O6/c1-12-2-4-14(5-3-12)28-15-8-13(9-15)11-22-7-6-16(23)18(20(22)27)19(26)21-10-17(24)25/h2-5,13,15,23H,6-11H2,1H3,(H,21,26)(H,24,25). The van der Waals surface area contributed by atoms with Crippen molar-refractivity contribution in [3.05, 3.63) is 41.2 Å². The number of ether oxygens (including phenoxy) is 1. The molecule has 150 valence electrons. The van der Waals surface area contributed by atoms with Gasteiger partial charge in [0.15, 0.2) is 0 Å². The highest BCUT2D eigenvalue weighted by Gasteiger charge is 2.37. The van der Waals surface area contributed by atoms with E-state index in [1.165, 1.54) is 5.56 Å². The number of aryl methyl sites for hydroxylation is 1. The molecule has 8 nitrogen and oxygen atoms in total. The Morgan fingerprint density at radius 3 is 2.57 bits per heavy atom. The Bertz CT molecular complexity index is 795. The largest absolute Gasteiger partial charge is 0.511 e. The van der Waals surface area contributed by atoms with Crippen LogP contribution in [0.3, 0.4) is 0 Å². The Morgan fingerprint density at radius 1 is 1.25 bits per heavy atom. The normalized spacial score (nSPS) is 21.9. The Kier molecular flexibility index (Phi) is 5.87. The van der Waals surface area contributed by atoms with Crippen LogP contribution in [0.1, 0.15) is 24.8 Å². The van der Waals surface area contributed by atoms with Crippen LogP contribution in [0.5, 0.6) is 5.75 Å². The van der Waals surface area contributed by atoms with Crippen LogP contribution in [0.15, 0.2) is 35.6 Å². The molecule has 1 saturated carbocycles. The van der Waals surface area contributed by atoms with E-state index in [2.05, 4.69) is 5.32 Å². The molecule has 0 saturated heterocycles. The van der Waals surface area contributed by atoms with Crippen LogP contribution in [-0.2, 0) is 14.4 Å². The number of nitrogens with one attached hydrogen (secondary N) is 1. The van der Waals surface area contributed by atoms with Crippen LogP contribution < -0.4 is 10.1 Å². The highest BCUT2D eigenvalue weighted by atomic mass is 16.5. The number of aliphatic hydroxyl groups excluding tert-OH is 1. The van der Waals surface area contributed by atoms with E-state index in [1.54, 1.807) is 4.90 Å². The van der Waals surface area contributed by atoms with Gasteiger partial charge < -0.3 is 25.2 Å². The number of aliphatic carboxylic acids is 1. The zero-order valence-corrected chi connectivity index (χ0v) is 15.7. The Morgan fingerprint density at radius 2 is 1.93 bits per heavy atom. The molecule has 1 aromatic carbocycles. The third-order valence-corrected chi connectivity index (χ3v) is 5.03. The number of benzene rings is 1. The zero-order valence-electron chi connectivity index (χ0n) is 15.7. The summed E-state index contributed by atoms with van der Waals surface area (Å²) in [6, 6.07) is 7.86. The molecule has 1 aliphatic heterocycles. The van der Waals surface area contributed by atoms with Crippen molar-refractivity contribution in [3.8, 4) is 5.75 Å². The van der Waals surface area contributed by atoms with Crippen molar-refractivity contribution in [1.82, 2.24) is 10.2 Å². The van der Waals surface area contributed by atoms with Gasteiger partial charge in [0.1, 0.15) is 23.6 Å². The van der Waals surface area contributed by atoms with Gasteiger partial charge >= 0.3 is 5.97 Å². The molecule has 28 heavy (non-hydrogen) atoms. The molecule has 1 aromatic rings. The molecule has 2 amide bonds. The summed E-state index contributed by atoms with van der Waals surface area (Å²) >= 11 is 0. The van der Waals surface area contributed by atoms with Crippen molar-refractivity contribution in [1.29, 1.82) is 0 Å². The highest BCUT2D eigenvalue weighted by Crippen LogP contribution is 2.33. The van der Waals surface area contributed by atoms with Gasteiger partial charge in [0.25, 0.3) is 11.8 Å². The van der Waals surface area contributed by atoms with E-state index in [4.69, 9.17) is 9.84 Å². The second kappa shape index (κ2) is 8.33. The van der Waals surface area contributed by atoms with Crippen molar-refractivity contribution < 1.29 is 29.3 Å². The van der Waals surface area contributed by atoms with E-state index in [1.807, 2.05) is 31.2 Å². The fourth-order valence-corrected chi connectivity index (χ4v) is 3.44. The number of carbonyl (C=O) groups excluding carboxylic acids is 2. The van der Waals surface area contributed by atoms with Crippen LogP contribution in [0.2, 0.25) is 0 Å². The summed E-state index contributed by atoms with van der Waals surface area (Å²) in [5.74, 6) is -1.84. The maximum absolute atomic E-state index is 12.6. The van der Waals surface area contributed by atoms with Crippen molar-refractivity contribution in [2.45, 2.75) is 32.3 Å². The number of nitrogens with zero attached hydrogens (tertiary/aromatic N) is 1. The van der Waals surface area contributed by atoms with Crippen molar-refractivity contribution in [3.63, 3.8) is 0 Å². The first-order valence-electron chi connectivity index (χ1n) is 9.28. The van der Waals surface area contributed by atoms with E-state index in [0.717, 1.165) is 18.6 Å². The summed E-state index contributed by atoms with van der Waals surface area (Å²) in [5.41, 5.74) is 0.807. The van der Waals surface area contributed by atoms with Crippen LogP contribution in [0, 0.1) is 12.8 Å². The number of carboxylic acids is 1. The Labute approximate surface area is 162 Å². The quantitative estimate of drug-likeness (QED) is 0.608. The molecule has 0 unspecified atom stereocenters. The van der Waals surface area contributed by atoms with E-state index in [0.29, 0.717) is 13.1 Å². The monoisotopic (exact) mass is 388 g/mol. The summed E-state index contributed by atoms with van der Waals surface area (Å²) in [5, 5.41) is 20.7. The molecule has 8 heteroatoms. The van der Waals surface area contributed by atoms with Gasteiger partial charge in [0.2, 0.25) is 0 Å². The van der Waals surface area contributed by atoms with Crippen LogP contribution in [0.25, 0.3) is 0 Å². The third-order valence-electron chi connectivity index (χ3n) is 5.03. The predicted octanol–water partition coefficient (Wildman–Crippen LogP) is 1.40. The van der Waals surface area contributed by atoms with Crippen molar-refractivity contribution in [2.75, 3.05) is 19.6 Å². The predicted molar refractivity (Wildman–Crippen MR) is 99.8 cm³/mol. The van der Waals surface area contributed by atoms with Gasteiger partial charge in [-0.25, -0.2) is 0 Å². The number of carbonyl (C=O) groups is 3. The third kappa shape index (κ3) is 4.62. The summed E-state index contributed by atoms with van der Waals surface area (Å²) < 4.78 is 5.91. The molecule has 3 N–H and O–H groups in total. The van der Waals surface area contributed by atoms with Gasteiger partial charge in [0, 0.05) is 19.5 Å². The van der Waals surface area contributed by atoms with Crippen molar-refractivity contribution in [2.24, 2.45) is 5.92 Å². The molecule has 0 atom stereocenters. The average molecular weight is 388 g/mol. The molecular weight excluding hydrogens is 364 g/mol. The molecule has 0 aromatic heterocycles. The average Bonchev–Trinajstić information content (AvgIpc) is 2.61. The summed E-state index contributed by atoms with van der Waals surface area (Å²) in [7, 11) is 0. The fourth-order valence-electron chi connectivity index (χ4n) is 3.44. The van der Waals surface area contributed by atoms with Crippen LogP contribution in [0.4, 0.5) is 0 Å². The number of hydrogen-bond donors (Lipinski definition) is 3. The molecule has 2 aliphatic rings. The maximum Gasteiger partial charge on any atom is 0.322 e. The van der Waals surface area contributed by atoms with E-state index < -0.39 is 24.3 Å². The zero-order chi connectivity index (χ0) is 20.3. The fraction of sp³-hybridized carbons (Fsp3) is 0.450. The highest BCUT2D eigenvalue weighted by molar-refractivity contribution is 6.19. The van der Waals surface area contributed by atoms with Gasteiger partial charge in [-0.3, -0.25) is 14.4 Å². The molecule has 3 rings (SSSR count). The minimum absolute atomic E-state index is 0.106. The molecule has 0 spiro atoms. The van der Waals surface area contributed by atoms with Crippen LogP contribution >= 0.6 is 0 Å². The molecule has 1 fully saturated rings. The summed E-state index contributed by atoms with van der Waals surface area (Å²) in [6.07, 6.45) is 1.91. The smallest absolute Gasteiger partial charge is 0.322 e. The number of amides is 2. The van der Waals surface area contributed by atoms with Gasteiger partial charge in [-0.1, -0.05) is 17.7 Å². The molecular formula is C20H24N2O6. The second-order valence-electron chi connectivity index (χ2n) is 7.29. The number of rotatable bonds is 7. The van der Waals surface area contributed by atoms with Gasteiger partial charge in [0.05, 0.1) is 6.10 Å². The first-order valence-corrected chi connectivity index (χ1v) is 9.28. The van der Waals surface area contributed by atoms with E-state index in [9.17, 15) is 19.5 Å². The minimum Gasteiger partial charge on any atom is -0.511 e. The molecule has 1 heterocycles. The molecule has 0 bridgehead atoms. The lowest BCUT2D eigenvalue weighted by molar-refractivity contribution is -0.139. The number of carboxylic acid groups (broad SMARTS) is 1. The number of aliphatic hydroxyl groups is 1.